The number of carbonyl (C=O) groups excluding carboxylic acids is 1. The van der Waals surface area contributed by atoms with Crippen molar-refractivity contribution in [3.05, 3.63) is 45.4 Å². The summed E-state index contributed by atoms with van der Waals surface area (Å²) in [6.45, 7) is 8.89. The number of H-pyrrole nitrogens is 1. The lowest BCUT2D eigenvalue weighted by atomic mass is 10.1. The normalized spacial score (nSPS) is 15.8. The summed E-state index contributed by atoms with van der Waals surface area (Å²) >= 11 is 0. The third-order valence-corrected chi connectivity index (χ3v) is 7.84. The molecule has 1 unspecified atom stereocenters. The molecule has 11 nitrogen and oxygen atoms in total. The average molecular weight is 517 g/mol. The molecule has 1 aliphatic rings. The van der Waals surface area contributed by atoms with Crippen LogP contribution in [0.3, 0.4) is 0 Å². The number of rotatable bonds is 8. The number of aromatic amines is 1. The molecule has 3 N–H and O–H groups in total. The first-order chi connectivity index (χ1) is 17.3. The van der Waals surface area contributed by atoms with Crippen LogP contribution in [0, 0.1) is 6.92 Å². The van der Waals surface area contributed by atoms with E-state index < -0.39 is 22.5 Å². The first kappa shape index (κ1) is 26.0. The minimum atomic E-state index is -1.38. The minimum absolute atomic E-state index is 0.226. The average Bonchev–Trinajstić information content (AvgIpc) is 3.15. The summed E-state index contributed by atoms with van der Waals surface area (Å²) in [5.41, 5.74) is 3.16. The lowest BCUT2D eigenvalue weighted by Gasteiger charge is -2.31. The topological polar surface area (TPSA) is 132 Å². The van der Waals surface area contributed by atoms with Crippen LogP contribution in [-0.2, 0) is 17.4 Å². The SMILES string of the molecule is CCCc1c(C(=O)NO)c(C)c2c(=O)[nH]c(-c3cc(S(=O)N4CCN(C)CC4)ccc3OCC)nn12. The van der Waals surface area contributed by atoms with Crippen LogP contribution in [0.2, 0.25) is 0 Å². The number of aryl methyl sites for hydroxylation is 2. The second kappa shape index (κ2) is 10.9. The van der Waals surface area contributed by atoms with Gasteiger partial charge in [0.1, 0.15) is 22.3 Å². The van der Waals surface area contributed by atoms with Crippen LogP contribution in [0.5, 0.6) is 5.75 Å². The molecule has 1 atom stereocenters. The quantitative estimate of drug-likeness (QED) is 0.307. The monoisotopic (exact) mass is 516 g/mol. The van der Waals surface area contributed by atoms with Crippen molar-refractivity contribution in [1.29, 1.82) is 0 Å². The number of benzene rings is 1. The maximum Gasteiger partial charge on any atom is 0.276 e. The van der Waals surface area contributed by atoms with Crippen molar-refractivity contribution in [3.63, 3.8) is 0 Å². The molecular weight excluding hydrogens is 484 g/mol. The highest BCUT2D eigenvalue weighted by atomic mass is 32.2. The summed E-state index contributed by atoms with van der Waals surface area (Å²) in [5.74, 6) is 0.0341. The molecule has 1 saturated heterocycles. The molecule has 1 amide bonds. The van der Waals surface area contributed by atoms with Gasteiger partial charge in [-0.25, -0.2) is 18.5 Å². The van der Waals surface area contributed by atoms with Gasteiger partial charge >= 0.3 is 0 Å². The summed E-state index contributed by atoms with van der Waals surface area (Å²) in [6.07, 6.45) is 1.17. The first-order valence-electron chi connectivity index (χ1n) is 12.0. The van der Waals surface area contributed by atoms with Crippen molar-refractivity contribution in [3.8, 4) is 17.1 Å². The van der Waals surface area contributed by atoms with Crippen molar-refractivity contribution in [1.82, 2.24) is 29.3 Å². The van der Waals surface area contributed by atoms with E-state index >= 15 is 0 Å². The van der Waals surface area contributed by atoms with Gasteiger partial charge in [-0.15, -0.1) is 5.10 Å². The minimum Gasteiger partial charge on any atom is -0.493 e. The zero-order chi connectivity index (χ0) is 26.0. The second-order valence-electron chi connectivity index (χ2n) is 8.77. The Balaban J connectivity index is 1.87. The molecule has 3 heterocycles. The van der Waals surface area contributed by atoms with Gasteiger partial charge in [-0.1, -0.05) is 13.3 Å². The van der Waals surface area contributed by atoms with E-state index in [1.165, 1.54) is 4.52 Å². The van der Waals surface area contributed by atoms with Gasteiger partial charge in [0.2, 0.25) is 0 Å². The maximum atomic E-state index is 13.3. The number of hydrogen-bond acceptors (Lipinski definition) is 7. The van der Waals surface area contributed by atoms with Gasteiger partial charge < -0.3 is 14.6 Å². The number of aromatic nitrogens is 3. The largest absolute Gasteiger partial charge is 0.493 e. The number of nitrogens with one attached hydrogen (secondary N) is 2. The number of carbonyl (C=O) groups is 1. The fourth-order valence-corrected chi connectivity index (χ4v) is 5.73. The van der Waals surface area contributed by atoms with Crippen molar-refractivity contribution in [2.24, 2.45) is 0 Å². The molecule has 3 aromatic rings. The molecule has 1 aromatic carbocycles. The predicted octanol–water partition coefficient (Wildman–Crippen LogP) is 1.74. The Hall–Kier alpha value is -3.06. The maximum absolute atomic E-state index is 13.3. The molecule has 12 heteroatoms. The molecule has 194 valence electrons. The van der Waals surface area contributed by atoms with Gasteiger partial charge in [0.05, 0.1) is 28.3 Å². The van der Waals surface area contributed by atoms with E-state index in [1.54, 1.807) is 30.6 Å². The van der Waals surface area contributed by atoms with Crippen LogP contribution in [0.15, 0.2) is 27.9 Å². The number of nitrogens with zero attached hydrogens (tertiary/aromatic N) is 4. The molecule has 1 aliphatic heterocycles. The summed E-state index contributed by atoms with van der Waals surface area (Å²) in [4.78, 5) is 31.2. The summed E-state index contributed by atoms with van der Waals surface area (Å²) in [6, 6.07) is 5.25. The van der Waals surface area contributed by atoms with Crippen molar-refractivity contribution < 1.29 is 18.9 Å². The Labute approximate surface area is 211 Å². The molecule has 0 aliphatic carbocycles. The Kier molecular flexibility index (Phi) is 7.88. The summed E-state index contributed by atoms with van der Waals surface area (Å²) in [7, 11) is 0.656. The van der Waals surface area contributed by atoms with Crippen molar-refractivity contribution in [2.45, 2.75) is 38.5 Å². The van der Waals surface area contributed by atoms with Gasteiger partial charge in [-0.3, -0.25) is 14.8 Å². The fourth-order valence-electron chi connectivity index (χ4n) is 4.54. The van der Waals surface area contributed by atoms with Crippen LogP contribution in [-0.4, -0.2) is 79.0 Å². The summed E-state index contributed by atoms with van der Waals surface area (Å²) in [5, 5.41) is 14.0. The lowest BCUT2D eigenvalue weighted by molar-refractivity contribution is 0.0704. The fraction of sp³-hybridized carbons (Fsp3) is 0.458. The zero-order valence-corrected chi connectivity index (χ0v) is 21.8. The molecule has 1 fully saturated rings. The number of likely N-dealkylation sites (N-methyl/N-ethyl adjacent to an activating group) is 1. The second-order valence-corrected chi connectivity index (χ2v) is 10.3. The van der Waals surface area contributed by atoms with Gasteiger partial charge in [0, 0.05) is 26.2 Å². The number of hydroxylamine groups is 1. The Morgan fingerprint density at radius 2 is 1.97 bits per heavy atom. The molecule has 36 heavy (non-hydrogen) atoms. The summed E-state index contributed by atoms with van der Waals surface area (Å²) < 4.78 is 22.6. The third-order valence-electron chi connectivity index (χ3n) is 6.35. The molecule has 0 saturated carbocycles. The van der Waals surface area contributed by atoms with E-state index in [2.05, 4.69) is 15.0 Å². The van der Waals surface area contributed by atoms with Gasteiger partial charge in [-0.05, 0) is 51.1 Å². The van der Waals surface area contributed by atoms with Crippen LogP contribution < -0.4 is 15.8 Å². The highest BCUT2D eigenvalue weighted by Gasteiger charge is 2.26. The third kappa shape index (κ3) is 4.81. The van der Waals surface area contributed by atoms with E-state index in [4.69, 9.17) is 4.74 Å². The lowest BCUT2D eigenvalue weighted by Crippen LogP contribution is -2.45. The van der Waals surface area contributed by atoms with E-state index in [-0.39, 0.29) is 16.9 Å². The van der Waals surface area contributed by atoms with Crippen LogP contribution in [0.1, 0.15) is 41.9 Å². The molecule has 0 bridgehead atoms. The van der Waals surface area contributed by atoms with Crippen LogP contribution in [0.25, 0.3) is 16.9 Å². The number of ether oxygens (including phenoxy) is 1. The van der Waals surface area contributed by atoms with E-state index in [0.29, 0.717) is 60.0 Å². The van der Waals surface area contributed by atoms with Gasteiger partial charge in [0.25, 0.3) is 11.5 Å². The van der Waals surface area contributed by atoms with E-state index in [1.807, 2.05) is 25.2 Å². The van der Waals surface area contributed by atoms with Crippen molar-refractivity contribution in [2.75, 3.05) is 39.8 Å². The number of fused-ring (bicyclic) bond motifs is 1. The highest BCUT2D eigenvalue weighted by molar-refractivity contribution is 7.82. The number of piperazine rings is 1. The first-order valence-corrected chi connectivity index (χ1v) is 13.1. The van der Waals surface area contributed by atoms with Crippen LogP contribution in [0.4, 0.5) is 0 Å². The number of amides is 1. The van der Waals surface area contributed by atoms with E-state index in [0.717, 1.165) is 13.1 Å². The van der Waals surface area contributed by atoms with Crippen LogP contribution >= 0.6 is 0 Å². The zero-order valence-electron chi connectivity index (χ0n) is 21.0. The molecular formula is C24H32N6O5S. The Morgan fingerprint density at radius 1 is 1.25 bits per heavy atom. The standard InChI is InChI=1S/C24H32N6O5S/c1-5-7-18-20(23(31)27-33)15(3)21-24(32)25-22(26-30(18)21)17-14-16(8-9-19(17)35-6-2)36(34)29-12-10-28(4)11-13-29/h8-9,14,33H,5-7,10-13H2,1-4H3,(H,27,31)(H,25,26,32). The molecule has 4 rings (SSSR count). The smallest absolute Gasteiger partial charge is 0.276 e. The Bertz CT molecular complexity index is 1360. The molecule has 0 spiro atoms. The van der Waals surface area contributed by atoms with Gasteiger partial charge in [-0.2, -0.15) is 0 Å². The van der Waals surface area contributed by atoms with Crippen molar-refractivity contribution >= 4 is 22.4 Å². The van der Waals surface area contributed by atoms with Gasteiger partial charge in [0.15, 0.2) is 5.82 Å². The number of hydrogen-bond donors (Lipinski definition) is 3. The predicted molar refractivity (Wildman–Crippen MR) is 136 cm³/mol. The molecule has 2 aromatic heterocycles. The van der Waals surface area contributed by atoms with E-state index in [9.17, 15) is 19.0 Å². The Morgan fingerprint density at radius 3 is 2.61 bits per heavy atom. The molecule has 0 radical (unpaired) electrons. The highest BCUT2D eigenvalue weighted by Crippen LogP contribution is 2.31.